The Morgan fingerprint density at radius 2 is 2.14 bits per heavy atom. The number of carbonyl (C=O) groups is 2. The number of hydrogen-bond acceptors (Lipinski definition) is 4. The lowest BCUT2D eigenvalue weighted by Gasteiger charge is -2.05. The highest BCUT2D eigenvalue weighted by molar-refractivity contribution is 7.13. The molecule has 1 aromatic heterocycles. The standard InChI is InChI=1S/C13H13FN4O2S/c1-15-13(20)18-17-11(19)6-10-7-21-12(16-10)8-3-2-4-9(14)5-8/h2-5,7H,6H2,1H3,(H,17,19)(H2,15,18,20). The molecule has 0 aliphatic heterocycles. The summed E-state index contributed by atoms with van der Waals surface area (Å²) in [5.74, 6) is -0.730. The Kier molecular flexibility index (Phi) is 4.83. The Morgan fingerprint density at radius 1 is 1.33 bits per heavy atom. The van der Waals surface area contributed by atoms with E-state index in [0.717, 1.165) is 0 Å². The lowest BCUT2D eigenvalue weighted by atomic mass is 10.2. The Labute approximate surface area is 124 Å². The summed E-state index contributed by atoms with van der Waals surface area (Å²) in [6.45, 7) is 0. The number of halogens is 1. The number of benzene rings is 1. The maximum Gasteiger partial charge on any atom is 0.333 e. The highest BCUT2D eigenvalue weighted by Crippen LogP contribution is 2.24. The van der Waals surface area contributed by atoms with Crippen LogP contribution in [-0.4, -0.2) is 24.0 Å². The van der Waals surface area contributed by atoms with E-state index in [4.69, 9.17) is 0 Å². The van der Waals surface area contributed by atoms with E-state index in [1.54, 1.807) is 17.5 Å². The van der Waals surface area contributed by atoms with Crippen molar-refractivity contribution in [3.63, 3.8) is 0 Å². The molecular weight excluding hydrogens is 295 g/mol. The van der Waals surface area contributed by atoms with Crippen LogP contribution in [0.2, 0.25) is 0 Å². The third kappa shape index (κ3) is 4.25. The van der Waals surface area contributed by atoms with Crippen LogP contribution >= 0.6 is 11.3 Å². The van der Waals surface area contributed by atoms with E-state index < -0.39 is 11.9 Å². The van der Waals surface area contributed by atoms with Crippen molar-refractivity contribution in [2.75, 3.05) is 7.05 Å². The van der Waals surface area contributed by atoms with Crippen LogP contribution in [0.15, 0.2) is 29.6 Å². The van der Waals surface area contributed by atoms with Crippen molar-refractivity contribution in [3.05, 3.63) is 41.2 Å². The number of rotatable bonds is 3. The first kappa shape index (κ1) is 14.9. The molecule has 21 heavy (non-hydrogen) atoms. The maximum atomic E-state index is 13.1. The summed E-state index contributed by atoms with van der Waals surface area (Å²) in [6.07, 6.45) is 0.0236. The zero-order chi connectivity index (χ0) is 15.2. The van der Waals surface area contributed by atoms with Crippen LogP contribution in [0.4, 0.5) is 9.18 Å². The first-order chi connectivity index (χ1) is 10.1. The molecule has 3 amide bonds. The molecule has 1 aromatic carbocycles. The molecule has 0 fully saturated rings. The number of carbonyl (C=O) groups excluding carboxylic acids is 2. The summed E-state index contributed by atoms with van der Waals surface area (Å²) < 4.78 is 13.1. The van der Waals surface area contributed by atoms with Crippen LogP contribution in [0.1, 0.15) is 5.69 Å². The topological polar surface area (TPSA) is 83.1 Å². The van der Waals surface area contributed by atoms with Gasteiger partial charge in [0.05, 0.1) is 12.1 Å². The zero-order valence-electron chi connectivity index (χ0n) is 11.1. The lowest BCUT2D eigenvalue weighted by molar-refractivity contribution is -0.121. The number of aromatic nitrogens is 1. The van der Waals surface area contributed by atoms with Crippen molar-refractivity contribution in [3.8, 4) is 10.6 Å². The van der Waals surface area contributed by atoms with Gasteiger partial charge in [-0.05, 0) is 12.1 Å². The summed E-state index contributed by atoms with van der Waals surface area (Å²) >= 11 is 1.32. The molecule has 2 rings (SSSR count). The van der Waals surface area contributed by atoms with Gasteiger partial charge in [0.1, 0.15) is 10.8 Å². The van der Waals surface area contributed by atoms with E-state index in [1.807, 2.05) is 0 Å². The van der Waals surface area contributed by atoms with Gasteiger partial charge >= 0.3 is 6.03 Å². The van der Waals surface area contributed by atoms with Gasteiger partial charge in [-0.1, -0.05) is 12.1 Å². The van der Waals surface area contributed by atoms with Crippen molar-refractivity contribution < 1.29 is 14.0 Å². The summed E-state index contributed by atoms with van der Waals surface area (Å²) in [5, 5.41) is 4.66. The second-order valence-electron chi connectivity index (χ2n) is 4.08. The molecule has 2 aromatic rings. The van der Waals surface area contributed by atoms with Gasteiger partial charge in [0, 0.05) is 18.0 Å². The van der Waals surface area contributed by atoms with Crippen LogP contribution in [0, 0.1) is 5.82 Å². The molecule has 0 saturated carbocycles. The molecule has 8 heteroatoms. The van der Waals surface area contributed by atoms with Gasteiger partial charge in [-0.2, -0.15) is 0 Å². The average molecular weight is 308 g/mol. The molecule has 110 valence electrons. The first-order valence-corrected chi connectivity index (χ1v) is 6.93. The number of nitrogens with one attached hydrogen (secondary N) is 3. The summed E-state index contributed by atoms with van der Waals surface area (Å²) in [5.41, 5.74) is 5.63. The molecule has 1 heterocycles. The largest absolute Gasteiger partial charge is 0.340 e. The molecule has 0 atom stereocenters. The van der Waals surface area contributed by atoms with Gasteiger partial charge in [-0.3, -0.25) is 10.2 Å². The molecule has 0 bridgehead atoms. The van der Waals surface area contributed by atoms with Crippen molar-refractivity contribution in [2.45, 2.75) is 6.42 Å². The maximum absolute atomic E-state index is 13.1. The van der Waals surface area contributed by atoms with Gasteiger partial charge in [-0.25, -0.2) is 19.6 Å². The van der Waals surface area contributed by atoms with Gasteiger partial charge in [-0.15, -0.1) is 11.3 Å². The number of thiazole rings is 1. The van der Waals surface area contributed by atoms with E-state index in [9.17, 15) is 14.0 Å². The monoisotopic (exact) mass is 308 g/mol. The van der Waals surface area contributed by atoms with E-state index in [2.05, 4.69) is 21.2 Å². The smallest absolute Gasteiger partial charge is 0.333 e. The van der Waals surface area contributed by atoms with Crippen molar-refractivity contribution in [2.24, 2.45) is 0 Å². The van der Waals surface area contributed by atoms with Crippen LogP contribution in [-0.2, 0) is 11.2 Å². The molecule has 0 aliphatic rings. The first-order valence-electron chi connectivity index (χ1n) is 6.05. The van der Waals surface area contributed by atoms with E-state index >= 15 is 0 Å². The molecule has 0 spiro atoms. The van der Waals surface area contributed by atoms with Gasteiger partial charge < -0.3 is 5.32 Å². The fourth-order valence-corrected chi connectivity index (χ4v) is 2.36. The van der Waals surface area contributed by atoms with E-state index in [-0.39, 0.29) is 12.2 Å². The minimum absolute atomic E-state index is 0.0236. The third-order valence-corrected chi connectivity index (χ3v) is 3.45. The predicted octanol–water partition coefficient (Wildman–Crippen LogP) is 1.45. The fourth-order valence-electron chi connectivity index (χ4n) is 1.54. The highest BCUT2D eigenvalue weighted by atomic mass is 32.1. The molecule has 6 nitrogen and oxygen atoms in total. The number of hydrazine groups is 1. The Bertz CT molecular complexity index is 659. The van der Waals surface area contributed by atoms with Gasteiger partial charge in [0.15, 0.2) is 0 Å². The number of nitrogens with zero attached hydrogens (tertiary/aromatic N) is 1. The van der Waals surface area contributed by atoms with E-state index in [0.29, 0.717) is 16.3 Å². The molecule has 0 saturated heterocycles. The Balaban J connectivity index is 1.97. The van der Waals surface area contributed by atoms with Gasteiger partial charge in [0.2, 0.25) is 5.91 Å². The average Bonchev–Trinajstić information content (AvgIpc) is 2.93. The number of amides is 3. The Hall–Kier alpha value is -2.48. The second kappa shape index (κ2) is 6.80. The zero-order valence-corrected chi connectivity index (χ0v) is 12.0. The third-order valence-electron chi connectivity index (χ3n) is 2.51. The molecule has 0 aliphatic carbocycles. The van der Waals surface area contributed by atoms with Crippen LogP contribution in [0.3, 0.4) is 0 Å². The summed E-state index contributed by atoms with van der Waals surface area (Å²) in [7, 11) is 1.44. The molecule has 0 radical (unpaired) electrons. The SMILES string of the molecule is CNC(=O)NNC(=O)Cc1csc(-c2cccc(F)c2)n1. The molecule has 0 unspecified atom stereocenters. The fraction of sp³-hybridized carbons (Fsp3) is 0.154. The molecular formula is C13H13FN4O2S. The summed E-state index contributed by atoms with van der Waals surface area (Å²) in [4.78, 5) is 26.8. The Morgan fingerprint density at radius 3 is 2.86 bits per heavy atom. The van der Waals surface area contributed by atoms with Crippen molar-refractivity contribution in [1.29, 1.82) is 0 Å². The van der Waals surface area contributed by atoms with Crippen molar-refractivity contribution >= 4 is 23.3 Å². The van der Waals surface area contributed by atoms with Crippen molar-refractivity contribution in [1.82, 2.24) is 21.2 Å². The minimum Gasteiger partial charge on any atom is -0.340 e. The van der Waals surface area contributed by atoms with E-state index in [1.165, 1.54) is 30.5 Å². The van der Waals surface area contributed by atoms with Crippen LogP contribution in [0.5, 0.6) is 0 Å². The lowest BCUT2D eigenvalue weighted by Crippen LogP contribution is -2.46. The summed E-state index contributed by atoms with van der Waals surface area (Å²) in [6, 6.07) is 5.58. The van der Waals surface area contributed by atoms with Crippen LogP contribution < -0.4 is 16.2 Å². The quantitative estimate of drug-likeness (QED) is 0.751. The number of urea groups is 1. The van der Waals surface area contributed by atoms with Gasteiger partial charge in [0.25, 0.3) is 0 Å². The second-order valence-corrected chi connectivity index (χ2v) is 4.94. The normalized spacial score (nSPS) is 10.0. The number of hydrogen-bond donors (Lipinski definition) is 3. The highest BCUT2D eigenvalue weighted by Gasteiger charge is 2.10. The van der Waals surface area contributed by atoms with Crippen LogP contribution in [0.25, 0.3) is 10.6 Å². The minimum atomic E-state index is -0.512. The predicted molar refractivity (Wildman–Crippen MR) is 76.9 cm³/mol. The molecule has 3 N–H and O–H groups in total.